The summed E-state index contributed by atoms with van der Waals surface area (Å²) < 4.78 is 30.8. The highest BCUT2D eigenvalue weighted by atomic mass is 35.5. The minimum Gasteiger partial charge on any atom is -0.377 e. The molecule has 0 fully saturated rings. The lowest BCUT2D eigenvalue weighted by Gasteiger charge is -2.12. The SMILES string of the molecule is Cc1ccc(S(=O)(=O)Oc2c(Cl)cc(Cl)cc2/C=C(\C#N)c2ccccc2)cc1. The van der Waals surface area contributed by atoms with E-state index in [-0.39, 0.29) is 26.3 Å². The molecule has 3 aromatic carbocycles. The number of allylic oxidation sites excluding steroid dienone is 1. The van der Waals surface area contributed by atoms with E-state index in [9.17, 15) is 13.7 Å². The van der Waals surface area contributed by atoms with Crippen LogP contribution in [0.5, 0.6) is 5.75 Å². The van der Waals surface area contributed by atoms with Gasteiger partial charge in [-0.3, -0.25) is 0 Å². The number of benzene rings is 3. The standard InChI is InChI=1S/C22H15Cl2NO3S/c1-15-7-9-20(10-8-15)29(26,27)28-22-17(12-19(23)13-21(22)24)11-18(14-25)16-5-3-2-4-6-16/h2-13H,1H3/b18-11+. The molecule has 0 spiro atoms. The average molecular weight is 444 g/mol. The summed E-state index contributed by atoms with van der Waals surface area (Å²) in [6.07, 6.45) is 1.49. The second-order valence-electron chi connectivity index (χ2n) is 6.19. The van der Waals surface area contributed by atoms with Crippen molar-refractivity contribution in [1.29, 1.82) is 5.26 Å². The third-order valence-electron chi connectivity index (χ3n) is 4.04. The second kappa shape index (κ2) is 8.71. The van der Waals surface area contributed by atoms with Gasteiger partial charge >= 0.3 is 10.1 Å². The van der Waals surface area contributed by atoms with Crippen molar-refractivity contribution in [2.24, 2.45) is 0 Å². The van der Waals surface area contributed by atoms with Crippen molar-refractivity contribution < 1.29 is 12.6 Å². The van der Waals surface area contributed by atoms with Crippen LogP contribution < -0.4 is 4.18 Å². The van der Waals surface area contributed by atoms with Crippen LogP contribution in [-0.4, -0.2) is 8.42 Å². The summed E-state index contributed by atoms with van der Waals surface area (Å²) in [6.45, 7) is 1.85. The molecule has 3 rings (SSSR count). The van der Waals surface area contributed by atoms with E-state index in [0.717, 1.165) is 5.56 Å². The molecule has 0 aliphatic heterocycles. The number of hydrogen-bond donors (Lipinski definition) is 0. The van der Waals surface area contributed by atoms with Gasteiger partial charge in [0.1, 0.15) is 4.90 Å². The van der Waals surface area contributed by atoms with Crippen molar-refractivity contribution >= 4 is 45.0 Å². The predicted molar refractivity (Wildman–Crippen MR) is 115 cm³/mol. The Bertz CT molecular complexity index is 1210. The van der Waals surface area contributed by atoms with Crippen molar-refractivity contribution in [2.75, 3.05) is 0 Å². The molecule has 4 nitrogen and oxygen atoms in total. The minimum absolute atomic E-state index is 0.00684. The Labute approximate surface area is 179 Å². The predicted octanol–water partition coefficient (Wildman–Crippen LogP) is 6.13. The van der Waals surface area contributed by atoms with Crippen LogP contribution in [0.15, 0.2) is 71.6 Å². The molecule has 0 aliphatic carbocycles. The van der Waals surface area contributed by atoms with Crippen molar-refractivity contribution in [1.82, 2.24) is 0 Å². The summed E-state index contributed by atoms with van der Waals surface area (Å²) in [6, 6.07) is 20.2. The Hall–Kier alpha value is -2.78. The number of hydrogen-bond acceptors (Lipinski definition) is 4. The first-order valence-electron chi connectivity index (χ1n) is 8.47. The Morgan fingerprint density at radius 2 is 1.69 bits per heavy atom. The lowest BCUT2D eigenvalue weighted by molar-refractivity contribution is 0.485. The lowest BCUT2D eigenvalue weighted by atomic mass is 10.0. The van der Waals surface area contributed by atoms with Gasteiger partial charge in [-0.15, -0.1) is 0 Å². The first kappa shape index (κ1) is 20.9. The number of aryl methyl sites for hydroxylation is 1. The largest absolute Gasteiger partial charge is 0.377 e. The summed E-state index contributed by atoms with van der Waals surface area (Å²) in [5, 5.41) is 9.87. The summed E-state index contributed by atoms with van der Waals surface area (Å²) in [7, 11) is -4.13. The van der Waals surface area contributed by atoms with E-state index in [4.69, 9.17) is 27.4 Å². The molecular formula is C22H15Cl2NO3S. The molecule has 0 amide bonds. The molecule has 7 heteroatoms. The maximum Gasteiger partial charge on any atom is 0.339 e. The topological polar surface area (TPSA) is 67.2 Å². The van der Waals surface area contributed by atoms with E-state index >= 15 is 0 Å². The molecule has 146 valence electrons. The molecule has 0 unspecified atom stereocenters. The zero-order valence-corrected chi connectivity index (χ0v) is 17.6. The maximum atomic E-state index is 12.7. The van der Waals surface area contributed by atoms with Gasteiger partial charge < -0.3 is 4.18 Å². The van der Waals surface area contributed by atoms with E-state index < -0.39 is 10.1 Å². The zero-order valence-electron chi connectivity index (χ0n) is 15.3. The van der Waals surface area contributed by atoms with Gasteiger partial charge in [0.25, 0.3) is 0 Å². The van der Waals surface area contributed by atoms with Crippen molar-refractivity contribution in [3.8, 4) is 11.8 Å². The Morgan fingerprint density at radius 3 is 2.31 bits per heavy atom. The average Bonchev–Trinajstić information content (AvgIpc) is 2.69. The van der Waals surface area contributed by atoms with Gasteiger partial charge in [0.05, 0.1) is 16.7 Å². The van der Waals surface area contributed by atoms with E-state index in [1.807, 2.05) is 13.0 Å². The highest BCUT2D eigenvalue weighted by molar-refractivity contribution is 7.87. The van der Waals surface area contributed by atoms with Gasteiger partial charge in [-0.2, -0.15) is 13.7 Å². The summed E-state index contributed by atoms with van der Waals surface area (Å²) in [5.74, 6) is -0.0969. The van der Waals surface area contributed by atoms with Crippen LogP contribution in [0.1, 0.15) is 16.7 Å². The molecule has 0 bridgehead atoms. The van der Waals surface area contributed by atoms with Crippen LogP contribution in [0.2, 0.25) is 10.0 Å². The molecular weight excluding hydrogens is 429 g/mol. The van der Waals surface area contributed by atoms with Crippen LogP contribution in [0, 0.1) is 18.3 Å². The Balaban J connectivity index is 2.10. The van der Waals surface area contributed by atoms with Gasteiger partial charge in [0.15, 0.2) is 5.75 Å². The highest BCUT2D eigenvalue weighted by Crippen LogP contribution is 2.36. The van der Waals surface area contributed by atoms with E-state index in [1.165, 1.54) is 30.3 Å². The van der Waals surface area contributed by atoms with Crippen molar-refractivity contribution in [2.45, 2.75) is 11.8 Å². The minimum atomic E-state index is -4.13. The second-order valence-corrected chi connectivity index (χ2v) is 8.58. The fourth-order valence-electron chi connectivity index (χ4n) is 2.59. The number of halogens is 2. The molecule has 0 saturated heterocycles. The monoisotopic (exact) mass is 443 g/mol. The van der Waals surface area contributed by atoms with Crippen molar-refractivity contribution in [3.63, 3.8) is 0 Å². The first-order valence-corrected chi connectivity index (χ1v) is 10.6. The highest BCUT2D eigenvalue weighted by Gasteiger charge is 2.21. The van der Waals surface area contributed by atoms with Crippen LogP contribution in [0.3, 0.4) is 0 Å². The summed E-state index contributed by atoms with van der Waals surface area (Å²) >= 11 is 12.3. The van der Waals surface area contributed by atoms with Crippen molar-refractivity contribution in [3.05, 3.63) is 93.5 Å². The molecule has 0 heterocycles. The smallest absolute Gasteiger partial charge is 0.339 e. The third kappa shape index (κ3) is 4.99. The van der Waals surface area contributed by atoms with E-state index in [2.05, 4.69) is 6.07 Å². The lowest BCUT2D eigenvalue weighted by Crippen LogP contribution is -2.11. The molecule has 29 heavy (non-hydrogen) atoms. The van der Waals surface area contributed by atoms with Crippen LogP contribution in [-0.2, 0) is 10.1 Å². The van der Waals surface area contributed by atoms with Gasteiger partial charge in [-0.25, -0.2) is 0 Å². The fourth-order valence-corrected chi connectivity index (χ4v) is 4.16. The summed E-state index contributed by atoms with van der Waals surface area (Å²) in [4.78, 5) is -0.00684. The molecule has 0 aliphatic rings. The van der Waals surface area contributed by atoms with Gasteiger partial charge in [-0.05, 0) is 42.8 Å². The number of nitrogens with zero attached hydrogens (tertiary/aromatic N) is 1. The zero-order chi connectivity index (χ0) is 21.0. The van der Waals surface area contributed by atoms with Gasteiger partial charge in [-0.1, -0.05) is 71.2 Å². The number of nitriles is 1. The Kier molecular flexibility index (Phi) is 6.29. The van der Waals surface area contributed by atoms with E-state index in [0.29, 0.717) is 11.1 Å². The van der Waals surface area contributed by atoms with Gasteiger partial charge in [0.2, 0.25) is 0 Å². The normalized spacial score (nSPS) is 11.7. The molecule has 3 aromatic rings. The van der Waals surface area contributed by atoms with Crippen LogP contribution in [0.25, 0.3) is 11.6 Å². The molecule has 0 aromatic heterocycles. The number of rotatable bonds is 5. The van der Waals surface area contributed by atoms with Crippen LogP contribution >= 0.6 is 23.2 Å². The quantitative estimate of drug-likeness (QED) is 0.270. The Morgan fingerprint density at radius 1 is 1.03 bits per heavy atom. The first-order chi connectivity index (χ1) is 13.8. The summed E-state index contributed by atoms with van der Waals surface area (Å²) in [5.41, 5.74) is 2.16. The fraction of sp³-hybridized carbons (Fsp3) is 0.0455. The van der Waals surface area contributed by atoms with Crippen LogP contribution in [0.4, 0.5) is 0 Å². The molecule has 0 saturated carbocycles. The van der Waals surface area contributed by atoms with Gasteiger partial charge in [0, 0.05) is 10.6 Å². The molecule has 0 N–H and O–H groups in total. The van der Waals surface area contributed by atoms with E-state index in [1.54, 1.807) is 36.4 Å². The maximum absolute atomic E-state index is 12.7. The molecule has 0 atom stereocenters. The third-order valence-corrected chi connectivity index (χ3v) is 5.78. The molecule has 0 radical (unpaired) electrons.